The van der Waals surface area contributed by atoms with Crippen LogP contribution >= 0.6 is 23.1 Å². The van der Waals surface area contributed by atoms with Gasteiger partial charge in [-0.3, -0.25) is 0 Å². The smallest absolute Gasteiger partial charge is 0.185 e. The largest absolute Gasteiger partial charge is 0.346 e. The Morgan fingerprint density at radius 3 is 2.52 bits per heavy atom. The van der Waals surface area contributed by atoms with Crippen LogP contribution in [-0.2, 0) is 6.42 Å². The third-order valence-corrected chi connectivity index (χ3v) is 6.97. The molecule has 1 aromatic rings. The van der Waals surface area contributed by atoms with Gasteiger partial charge in [0.2, 0.25) is 0 Å². The molecule has 1 aromatic heterocycles. The lowest BCUT2D eigenvalue weighted by Crippen LogP contribution is -2.40. The summed E-state index contributed by atoms with van der Waals surface area (Å²) < 4.78 is 0. The van der Waals surface area contributed by atoms with Crippen molar-refractivity contribution in [3.63, 3.8) is 0 Å². The van der Waals surface area contributed by atoms with Gasteiger partial charge in [0.25, 0.3) is 0 Å². The van der Waals surface area contributed by atoms with E-state index in [9.17, 15) is 0 Å². The predicted octanol–water partition coefficient (Wildman–Crippen LogP) is 3.71. The van der Waals surface area contributed by atoms with Gasteiger partial charge in [-0.2, -0.15) is 11.8 Å². The van der Waals surface area contributed by atoms with E-state index >= 15 is 0 Å². The Hall–Kier alpha value is -0.260. The number of rotatable bonds is 2. The second-order valence-electron chi connectivity index (χ2n) is 7.36. The van der Waals surface area contributed by atoms with Crippen molar-refractivity contribution < 1.29 is 0 Å². The topological polar surface area (TPSA) is 28.2 Å². The number of aromatic nitrogens is 1. The van der Waals surface area contributed by atoms with Gasteiger partial charge in [0.15, 0.2) is 5.13 Å². The van der Waals surface area contributed by atoms with Crippen LogP contribution < -0.4 is 10.2 Å². The third-order valence-electron chi connectivity index (χ3n) is 4.47. The van der Waals surface area contributed by atoms with Crippen molar-refractivity contribution in [1.29, 1.82) is 0 Å². The van der Waals surface area contributed by atoms with Crippen LogP contribution in [0.3, 0.4) is 0 Å². The number of thioether (sulfide) groups is 1. The maximum atomic E-state index is 5.03. The molecule has 0 spiro atoms. The number of nitrogens with zero attached hydrogens (tertiary/aromatic N) is 2. The third kappa shape index (κ3) is 3.25. The Balaban J connectivity index is 1.88. The molecular formula is C16H27N3S2. The van der Waals surface area contributed by atoms with Crippen LogP contribution in [0, 0.1) is 5.41 Å². The lowest BCUT2D eigenvalue weighted by molar-refractivity contribution is 0.265. The first-order chi connectivity index (χ1) is 9.88. The standard InChI is InChI=1S/C16H27N3S2/c1-10-8-19(9-11(2)20-10)15-18-13-7-16(3,4)6-12(17-5)14(13)21-15/h10-12,17H,6-9H2,1-5H3. The molecule has 1 N–H and O–H groups in total. The average molecular weight is 326 g/mol. The molecule has 3 nitrogen and oxygen atoms in total. The van der Waals surface area contributed by atoms with Gasteiger partial charge in [0.05, 0.1) is 5.69 Å². The van der Waals surface area contributed by atoms with Crippen molar-refractivity contribution in [2.75, 3.05) is 25.0 Å². The molecule has 1 saturated heterocycles. The van der Waals surface area contributed by atoms with Crippen molar-refractivity contribution in [2.45, 2.75) is 57.1 Å². The van der Waals surface area contributed by atoms with E-state index in [1.807, 2.05) is 11.3 Å². The van der Waals surface area contributed by atoms with E-state index in [0.717, 1.165) is 19.5 Å². The highest BCUT2D eigenvalue weighted by atomic mass is 32.2. The van der Waals surface area contributed by atoms with E-state index in [1.54, 1.807) is 0 Å². The van der Waals surface area contributed by atoms with Gasteiger partial charge in [-0.15, -0.1) is 0 Å². The summed E-state index contributed by atoms with van der Waals surface area (Å²) in [6, 6.07) is 0.476. The zero-order chi connectivity index (χ0) is 15.2. The Kier molecular flexibility index (Phi) is 4.27. The molecule has 1 aliphatic carbocycles. The highest BCUT2D eigenvalue weighted by Crippen LogP contribution is 2.45. The first kappa shape index (κ1) is 15.6. The van der Waals surface area contributed by atoms with E-state index in [2.05, 4.69) is 56.7 Å². The van der Waals surface area contributed by atoms with E-state index in [1.165, 1.54) is 22.1 Å². The fourth-order valence-electron chi connectivity index (χ4n) is 3.62. The van der Waals surface area contributed by atoms with Crippen LogP contribution in [0.2, 0.25) is 0 Å². The number of fused-ring (bicyclic) bond motifs is 1. The molecule has 0 aromatic carbocycles. The summed E-state index contributed by atoms with van der Waals surface area (Å²) >= 11 is 4.02. The minimum Gasteiger partial charge on any atom is -0.346 e. The monoisotopic (exact) mass is 325 g/mol. The van der Waals surface area contributed by atoms with E-state index < -0.39 is 0 Å². The minimum atomic E-state index is 0.352. The summed E-state index contributed by atoms with van der Waals surface area (Å²) in [7, 11) is 2.08. The van der Waals surface area contributed by atoms with Crippen molar-refractivity contribution in [2.24, 2.45) is 5.41 Å². The zero-order valence-corrected chi connectivity index (χ0v) is 15.4. The predicted molar refractivity (Wildman–Crippen MR) is 94.7 cm³/mol. The van der Waals surface area contributed by atoms with Crippen molar-refractivity contribution >= 4 is 28.2 Å². The van der Waals surface area contributed by atoms with Crippen LogP contribution in [0.1, 0.15) is 50.7 Å². The van der Waals surface area contributed by atoms with Crippen LogP contribution in [0.5, 0.6) is 0 Å². The van der Waals surface area contributed by atoms with Crippen molar-refractivity contribution in [1.82, 2.24) is 10.3 Å². The summed E-state index contributed by atoms with van der Waals surface area (Å²) in [6.07, 6.45) is 2.32. The molecule has 0 saturated carbocycles. The summed E-state index contributed by atoms with van der Waals surface area (Å²) in [5, 5.41) is 6.14. The van der Waals surface area contributed by atoms with Crippen LogP contribution in [0.25, 0.3) is 0 Å². The van der Waals surface area contributed by atoms with Gasteiger partial charge in [0, 0.05) is 34.5 Å². The highest BCUT2D eigenvalue weighted by molar-refractivity contribution is 8.00. The summed E-state index contributed by atoms with van der Waals surface area (Å²) in [5.41, 5.74) is 1.69. The minimum absolute atomic E-state index is 0.352. The molecule has 21 heavy (non-hydrogen) atoms. The average Bonchev–Trinajstić information content (AvgIpc) is 2.78. The van der Waals surface area contributed by atoms with Crippen molar-refractivity contribution in [3.8, 4) is 0 Å². The van der Waals surface area contributed by atoms with Gasteiger partial charge in [-0.1, -0.05) is 39.0 Å². The second-order valence-corrected chi connectivity index (χ2v) is 10.2. The van der Waals surface area contributed by atoms with E-state index in [-0.39, 0.29) is 0 Å². The summed E-state index contributed by atoms with van der Waals surface area (Å²) in [6.45, 7) is 11.7. The number of thiazole rings is 1. The Bertz CT molecular complexity index is 502. The quantitative estimate of drug-likeness (QED) is 0.897. The number of anilines is 1. The normalized spacial score (nSPS) is 32.0. The van der Waals surface area contributed by atoms with E-state index in [4.69, 9.17) is 4.98 Å². The fourth-order valence-corrected chi connectivity index (χ4v) is 6.16. The molecular weight excluding hydrogens is 298 g/mol. The molecule has 2 aliphatic rings. The fraction of sp³-hybridized carbons (Fsp3) is 0.812. The molecule has 0 bridgehead atoms. The Morgan fingerprint density at radius 1 is 1.24 bits per heavy atom. The first-order valence-electron chi connectivity index (χ1n) is 7.95. The first-order valence-corrected chi connectivity index (χ1v) is 9.71. The molecule has 3 atom stereocenters. The van der Waals surface area contributed by atoms with Crippen LogP contribution in [0.4, 0.5) is 5.13 Å². The number of hydrogen-bond donors (Lipinski definition) is 1. The van der Waals surface area contributed by atoms with Gasteiger partial charge >= 0.3 is 0 Å². The van der Waals surface area contributed by atoms with Crippen LogP contribution in [0.15, 0.2) is 0 Å². The Labute approximate surface area is 136 Å². The maximum absolute atomic E-state index is 5.03. The second kappa shape index (κ2) is 5.74. The molecule has 0 radical (unpaired) electrons. The van der Waals surface area contributed by atoms with Gasteiger partial charge in [-0.05, 0) is 25.3 Å². The molecule has 118 valence electrons. The summed E-state index contributed by atoms with van der Waals surface area (Å²) in [4.78, 5) is 9.02. The van der Waals surface area contributed by atoms with Crippen LogP contribution in [-0.4, -0.2) is 35.6 Å². The molecule has 2 heterocycles. The maximum Gasteiger partial charge on any atom is 0.185 e. The molecule has 1 aliphatic heterocycles. The summed E-state index contributed by atoms with van der Waals surface area (Å²) in [5.74, 6) is 0. The van der Waals surface area contributed by atoms with Gasteiger partial charge < -0.3 is 10.2 Å². The lowest BCUT2D eigenvalue weighted by atomic mass is 9.76. The van der Waals surface area contributed by atoms with Gasteiger partial charge in [-0.25, -0.2) is 4.98 Å². The van der Waals surface area contributed by atoms with E-state index in [0.29, 0.717) is 22.0 Å². The van der Waals surface area contributed by atoms with Gasteiger partial charge in [0.1, 0.15) is 0 Å². The molecule has 3 unspecified atom stereocenters. The molecule has 3 rings (SSSR count). The molecule has 1 fully saturated rings. The Morgan fingerprint density at radius 2 is 1.90 bits per heavy atom. The zero-order valence-electron chi connectivity index (χ0n) is 13.8. The highest BCUT2D eigenvalue weighted by Gasteiger charge is 2.35. The molecule has 0 amide bonds. The SMILES string of the molecule is CNC1CC(C)(C)Cc2nc(N3CC(C)SC(C)C3)sc21. The van der Waals surface area contributed by atoms with Crippen molar-refractivity contribution in [3.05, 3.63) is 10.6 Å². The molecule has 5 heteroatoms. The number of hydrogen-bond acceptors (Lipinski definition) is 5. The number of nitrogens with one attached hydrogen (secondary N) is 1. The lowest BCUT2D eigenvalue weighted by Gasteiger charge is -2.34.